The smallest absolute Gasteiger partial charge is 0.191 e. The first-order chi connectivity index (χ1) is 13.2. The van der Waals surface area contributed by atoms with E-state index in [1.54, 1.807) is 12.1 Å². The van der Waals surface area contributed by atoms with Crippen LogP contribution in [0.2, 0.25) is 0 Å². The summed E-state index contributed by atoms with van der Waals surface area (Å²) in [6.45, 7) is 0.302. The van der Waals surface area contributed by atoms with E-state index in [0.717, 1.165) is 5.56 Å². The zero-order valence-electron chi connectivity index (χ0n) is 14.1. The fourth-order valence-electron chi connectivity index (χ4n) is 2.52. The van der Waals surface area contributed by atoms with Crippen molar-refractivity contribution in [3.05, 3.63) is 84.1 Å². The molecule has 0 aliphatic rings. The molecule has 2 aromatic heterocycles. The van der Waals surface area contributed by atoms with E-state index in [1.807, 2.05) is 30.3 Å². The van der Waals surface area contributed by atoms with E-state index in [0.29, 0.717) is 29.1 Å². The Morgan fingerprint density at radius 3 is 2.52 bits per heavy atom. The average Bonchev–Trinajstić information content (AvgIpc) is 2.70. The van der Waals surface area contributed by atoms with Gasteiger partial charge in [0.2, 0.25) is 0 Å². The predicted molar refractivity (Wildman–Crippen MR) is 97.6 cm³/mol. The number of nitrogens with zero attached hydrogens (tertiary/aromatic N) is 4. The molecule has 0 aliphatic carbocycles. The van der Waals surface area contributed by atoms with E-state index >= 15 is 0 Å². The molecule has 7 nitrogen and oxygen atoms in total. The summed E-state index contributed by atoms with van der Waals surface area (Å²) in [5.41, 5.74) is 2.45. The average molecular weight is 362 g/mol. The number of nitrogens with one attached hydrogen (secondary N) is 2. The third-order valence-corrected chi connectivity index (χ3v) is 3.88. The first-order valence-electron chi connectivity index (χ1n) is 8.17. The van der Waals surface area contributed by atoms with Crippen LogP contribution in [-0.2, 0) is 6.61 Å². The third kappa shape index (κ3) is 3.59. The van der Waals surface area contributed by atoms with Crippen molar-refractivity contribution in [3.63, 3.8) is 0 Å². The van der Waals surface area contributed by atoms with Crippen molar-refractivity contribution in [2.75, 3.05) is 5.32 Å². The fraction of sp³-hybridized carbons (Fsp3) is 0.0526. The number of rotatable bonds is 5. The van der Waals surface area contributed by atoms with Crippen molar-refractivity contribution >= 4 is 22.5 Å². The van der Waals surface area contributed by atoms with Crippen molar-refractivity contribution in [2.24, 2.45) is 0 Å². The van der Waals surface area contributed by atoms with E-state index < -0.39 is 0 Å². The fourth-order valence-corrected chi connectivity index (χ4v) is 2.52. The maximum absolute atomic E-state index is 13.1. The Balaban J connectivity index is 1.63. The summed E-state index contributed by atoms with van der Waals surface area (Å²) < 4.78 is 14.3. The highest BCUT2D eigenvalue weighted by Gasteiger charge is 2.10. The van der Waals surface area contributed by atoms with Crippen LogP contribution in [0.5, 0.6) is 0 Å². The molecule has 4 aromatic rings. The van der Waals surface area contributed by atoms with Gasteiger partial charge < -0.3 is 10.2 Å². The topological polar surface area (TPSA) is 88.7 Å². The molecular weight excluding hydrogens is 347 g/mol. The normalized spacial score (nSPS) is 10.7. The second-order valence-electron chi connectivity index (χ2n) is 5.73. The molecule has 0 aliphatic heterocycles. The van der Waals surface area contributed by atoms with E-state index in [-0.39, 0.29) is 11.3 Å². The third-order valence-electron chi connectivity index (χ3n) is 3.88. The summed E-state index contributed by atoms with van der Waals surface area (Å²) in [7, 11) is 0. The highest BCUT2D eigenvalue weighted by atomic mass is 19.1. The van der Waals surface area contributed by atoms with E-state index in [9.17, 15) is 4.39 Å². The van der Waals surface area contributed by atoms with Gasteiger partial charge in [0, 0.05) is 5.69 Å². The molecule has 0 radical (unpaired) electrons. The molecule has 134 valence electrons. The summed E-state index contributed by atoms with van der Waals surface area (Å²) in [4.78, 5) is 18.3. The van der Waals surface area contributed by atoms with Crippen molar-refractivity contribution < 1.29 is 9.23 Å². The van der Waals surface area contributed by atoms with Gasteiger partial charge >= 0.3 is 0 Å². The van der Waals surface area contributed by atoms with Crippen LogP contribution in [0.25, 0.3) is 11.0 Å². The molecule has 0 fully saturated rings. The quantitative estimate of drug-likeness (QED) is 0.570. The lowest BCUT2D eigenvalue weighted by Crippen LogP contribution is -2.28. The van der Waals surface area contributed by atoms with E-state index in [1.165, 1.54) is 29.5 Å². The molecule has 0 unspecified atom stereocenters. The van der Waals surface area contributed by atoms with E-state index in [4.69, 9.17) is 10.2 Å². The molecule has 4 rings (SSSR count). The maximum Gasteiger partial charge on any atom is 0.191 e. The van der Waals surface area contributed by atoms with Crippen LogP contribution < -0.4 is 15.6 Å². The van der Waals surface area contributed by atoms with Crippen LogP contribution in [0.3, 0.4) is 0 Å². The molecule has 2 aromatic carbocycles. The standard InChI is InChI=1S/C19H15FN6O/c20-14-6-8-15(9-7-14)25-19-17-16(22-11-23-19)18(21)26(12-24-17)27-10-13-4-2-1-3-5-13/h1-9,11-12,21H,10H2,(H,22,23,25). The Bertz CT molecular complexity index is 1130. The van der Waals surface area contributed by atoms with Crippen molar-refractivity contribution in [1.82, 2.24) is 19.7 Å². The van der Waals surface area contributed by atoms with Gasteiger partial charge in [-0.1, -0.05) is 30.3 Å². The first kappa shape index (κ1) is 16.6. The first-order valence-corrected chi connectivity index (χ1v) is 8.17. The lowest BCUT2D eigenvalue weighted by Gasteiger charge is -2.11. The molecule has 0 atom stereocenters. The minimum absolute atomic E-state index is 0.0560. The molecule has 0 spiro atoms. The van der Waals surface area contributed by atoms with Crippen LogP contribution >= 0.6 is 0 Å². The number of aromatic nitrogens is 4. The molecule has 0 bridgehead atoms. The molecule has 27 heavy (non-hydrogen) atoms. The molecular formula is C19H15FN6O. The molecule has 0 amide bonds. The number of hydrogen-bond donors (Lipinski definition) is 2. The lowest BCUT2D eigenvalue weighted by atomic mass is 10.2. The summed E-state index contributed by atoms with van der Waals surface area (Å²) in [6.07, 6.45) is 2.75. The van der Waals surface area contributed by atoms with Gasteiger partial charge in [0.05, 0.1) is 0 Å². The lowest BCUT2D eigenvalue weighted by molar-refractivity contribution is 0.0850. The highest BCUT2D eigenvalue weighted by Crippen LogP contribution is 2.19. The Hall–Kier alpha value is -3.81. The SMILES string of the molecule is N=c1c2ncnc(Nc3ccc(F)cc3)c2ncn1OCc1ccccc1. The molecule has 2 heterocycles. The summed E-state index contributed by atoms with van der Waals surface area (Å²) >= 11 is 0. The Labute approximate surface area is 153 Å². The molecule has 8 heteroatoms. The van der Waals surface area contributed by atoms with Gasteiger partial charge in [0.25, 0.3) is 0 Å². The number of benzene rings is 2. The van der Waals surface area contributed by atoms with Gasteiger partial charge in [0.15, 0.2) is 11.3 Å². The maximum atomic E-state index is 13.1. The van der Waals surface area contributed by atoms with Crippen LogP contribution in [-0.4, -0.2) is 19.7 Å². The van der Waals surface area contributed by atoms with Gasteiger partial charge in [0.1, 0.15) is 36.1 Å². The van der Waals surface area contributed by atoms with Gasteiger partial charge in [-0.05, 0) is 29.8 Å². The largest absolute Gasteiger partial charge is 0.406 e. The minimum Gasteiger partial charge on any atom is -0.406 e. The van der Waals surface area contributed by atoms with Gasteiger partial charge in [-0.2, -0.15) is 4.73 Å². The Morgan fingerprint density at radius 2 is 1.74 bits per heavy atom. The Kier molecular flexibility index (Phi) is 4.44. The van der Waals surface area contributed by atoms with Crippen molar-refractivity contribution in [3.8, 4) is 0 Å². The number of hydrogen-bond acceptors (Lipinski definition) is 6. The van der Waals surface area contributed by atoms with Crippen LogP contribution in [0.1, 0.15) is 5.56 Å². The van der Waals surface area contributed by atoms with Crippen LogP contribution in [0.4, 0.5) is 15.9 Å². The van der Waals surface area contributed by atoms with E-state index in [2.05, 4.69) is 20.3 Å². The predicted octanol–water partition coefficient (Wildman–Crippen LogP) is 2.82. The zero-order valence-corrected chi connectivity index (χ0v) is 14.1. The number of anilines is 2. The second-order valence-corrected chi connectivity index (χ2v) is 5.73. The highest BCUT2D eigenvalue weighted by molar-refractivity contribution is 5.85. The minimum atomic E-state index is -0.323. The summed E-state index contributed by atoms with van der Waals surface area (Å²) in [6, 6.07) is 15.5. The molecule has 0 saturated heterocycles. The van der Waals surface area contributed by atoms with Gasteiger partial charge in [-0.3, -0.25) is 5.41 Å². The molecule has 2 N–H and O–H groups in total. The second kappa shape index (κ2) is 7.20. The van der Waals surface area contributed by atoms with Crippen molar-refractivity contribution in [2.45, 2.75) is 6.61 Å². The zero-order chi connectivity index (χ0) is 18.6. The van der Waals surface area contributed by atoms with Crippen molar-refractivity contribution in [1.29, 1.82) is 5.41 Å². The number of halogens is 1. The summed E-state index contributed by atoms with van der Waals surface area (Å²) in [5, 5.41) is 11.4. The van der Waals surface area contributed by atoms with Crippen LogP contribution in [0, 0.1) is 11.2 Å². The van der Waals surface area contributed by atoms with Gasteiger partial charge in [-0.25, -0.2) is 19.3 Å². The Morgan fingerprint density at radius 1 is 0.963 bits per heavy atom. The summed E-state index contributed by atoms with van der Waals surface area (Å²) in [5.74, 6) is 0.103. The van der Waals surface area contributed by atoms with Crippen LogP contribution in [0.15, 0.2) is 67.3 Å². The van der Waals surface area contributed by atoms with Gasteiger partial charge in [-0.15, -0.1) is 0 Å². The molecule has 0 saturated carbocycles. The number of fused-ring (bicyclic) bond motifs is 1. The monoisotopic (exact) mass is 362 g/mol.